The average Bonchev–Trinajstić information content (AvgIpc) is 2.86. The van der Waals surface area contributed by atoms with E-state index < -0.39 is 6.23 Å². The Morgan fingerprint density at radius 1 is 1.05 bits per heavy atom. The van der Waals surface area contributed by atoms with Crippen LogP contribution in [0.25, 0.3) is 0 Å². The van der Waals surface area contributed by atoms with Gasteiger partial charge < -0.3 is 4.74 Å². The Morgan fingerprint density at radius 3 is 2.57 bits per heavy atom. The van der Waals surface area contributed by atoms with Gasteiger partial charge in [-0.2, -0.15) is 5.10 Å². The highest BCUT2D eigenvalue weighted by atomic mass is 16.5. The minimum atomic E-state index is -0.394. The SMILES string of the molecule is CC1=NN(c2ccccc2)C2Oc3ccccc3C(=O)C12. The Kier molecular flexibility index (Phi) is 2.57. The third-order valence-corrected chi connectivity index (χ3v) is 3.95. The Bertz CT molecular complexity index is 739. The second-order valence-electron chi connectivity index (χ2n) is 5.27. The van der Waals surface area contributed by atoms with E-state index in [2.05, 4.69) is 5.10 Å². The molecule has 2 aromatic carbocycles. The van der Waals surface area contributed by atoms with Gasteiger partial charge in [0.15, 0.2) is 5.78 Å². The molecule has 2 aliphatic heterocycles. The molecular weight excluding hydrogens is 264 g/mol. The number of benzene rings is 2. The molecule has 0 fully saturated rings. The fourth-order valence-electron chi connectivity index (χ4n) is 2.93. The summed E-state index contributed by atoms with van der Waals surface area (Å²) >= 11 is 0. The maximum absolute atomic E-state index is 12.7. The molecule has 0 aliphatic carbocycles. The van der Waals surface area contributed by atoms with Crippen molar-refractivity contribution in [1.82, 2.24) is 0 Å². The van der Waals surface area contributed by atoms with E-state index in [4.69, 9.17) is 4.74 Å². The zero-order valence-corrected chi connectivity index (χ0v) is 11.6. The third-order valence-electron chi connectivity index (χ3n) is 3.95. The standard InChI is InChI=1S/C17H14N2O2/c1-11-15-16(20)13-9-5-6-10-14(13)21-17(15)19(18-11)12-7-3-2-4-8-12/h2-10,15,17H,1H3. The molecule has 4 rings (SSSR count). The van der Waals surface area contributed by atoms with Gasteiger partial charge in [0.2, 0.25) is 6.23 Å². The van der Waals surface area contributed by atoms with Gasteiger partial charge in [-0.3, -0.25) is 4.79 Å². The van der Waals surface area contributed by atoms with Gasteiger partial charge in [-0.05, 0) is 31.2 Å². The summed E-state index contributed by atoms with van der Waals surface area (Å²) in [5.41, 5.74) is 2.36. The Labute approximate surface area is 122 Å². The molecule has 0 saturated heterocycles. The van der Waals surface area contributed by atoms with Gasteiger partial charge in [-0.15, -0.1) is 0 Å². The van der Waals surface area contributed by atoms with Crippen LogP contribution in [-0.4, -0.2) is 17.7 Å². The Morgan fingerprint density at radius 2 is 1.76 bits per heavy atom. The summed E-state index contributed by atoms with van der Waals surface area (Å²) in [6, 6.07) is 17.2. The Balaban J connectivity index is 1.79. The van der Waals surface area contributed by atoms with Crippen LogP contribution in [0, 0.1) is 5.92 Å². The fraction of sp³-hybridized carbons (Fsp3) is 0.176. The predicted octanol–water partition coefficient (Wildman–Crippen LogP) is 3.10. The van der Waals surface area contributed by atoms with E-state index in [1.807, 2.05) is 61.5 Å². The van der Waals surface area contributed by atoms with E-state index in [-0.39, 0.29) is 11.7 Å². The van der Waals surface area contributed by atoms with E-state index in [9.17, 15) is 4.79 Å². The number of carbonyl (C=O) groups excluding carboxylic acids is 1. The quantitative estimate of drug-likeness (QED) is 0.805. The van der Waals surface area contributed by atoms with Crippen molar-refractivity contribution in [2.75, 3.05) is 5.01 Å². The normalized spacial score (nSPS) is 23.2. The maximum atomic E-state index is 12.7. The third kappa shape index (κ3) is 1.76. The molecule has 104 valence electrons. The number of nitrogens with zero attached hydrogens (tertiary/aromatic N) is 2. The number of hydrogen-bond donors (Lipinski definition) is 0. The lowest BCUT2D eigenvalue weighted by atomic mass is 9.90. The number of hydrogen-bond acceptors (Lipinski definition) is 4. The van der Waals surface area contributed by atoms with Gasteiger partial charge in [0.25, 0.3) is 0 Å². The predicted molar refractivity (Wildman–Crippen MR) is 80.7 cm³/mol. The zero-order valence-electron chi connectivity index (χ0n) is 11.6. The van der Waals surface area contributed by atoms with Crippen molar-refractivity contribution in [2.45, 2.75) is 13.2 Å². The second kappa shape index (κ2) is 4.45. The van der Waals surface area contributed by atoms with Crippen LogP contribution in [0.4, 0.5) is 5.69 Å². The van der Waals surface area contributed by atoms with Crippen LogP contribution < -0.4 is 9.75 Å². The summed E-state index contributed by atoms with van der Waals surface area (Å²) in [5, 5.41) is 6.34. The zero-order chi connectivity index (χ0) is 14.4. The van der Waals surface area contributed by atoms with Crippen molar-refractivity contribution in [3.63, 3.8) is 0 Å². The highest BCUT2D eigenvalue weighted by Gasteiger charge is 2.46. The van der Waals surface area contributed by atoms with E-state index in [0.717, 1.165) is 11.4 Å². The number of para-hydroxylation sites is 2. The number of rotatable bonds is 1. The molecule has 21 heavy (non-hydrogen) atoms. The van der Waals surface area contributed by atoms with Gasteiger partial charge in [0.05, 0.1) is 17.0 Å². The van der Waals surface area contributed by atoms with Crippen LogP contribution in [0.2, 0.25) is 0 Å². The molecule has 2 unspecified atom stereocenters. The van der Waals surface area contributed by atoms with Crippen LogP contribution in [0.5, 0.6) is 5.75 Å². The molecule has 0 aromatic heterocycles. The summed E-state index contributed by atoms with van der Waals surface area (Å²) in [6.45, 7) is 1.88. The van der Waals surface area contributed by atoms with E-state index >= 15 is 0 Å². The van der Waals surface area contributed by atoms with Crippen molar-refractivity contribution < 1.29 is 9.53 Å². The summed E-state index contributed by atoms with van der Waals surface area (Å²) in [5.74, 6) is 0.385. The number of hydrazone groups is 1. The first-order chi connectivity index (χ1) is 10.3. The summed E-state index contributed by atoms with van der Waals surface area (Å²) in [6.07, 6.45) is -0.394. The van der Waals surface area contributed by atoms with Gasteiger partial charge in [-0.25, -0.2) is 5.01 Å². The van der Waals surface area contributed by atoms with E-state index in [1.165, 1.54) is 0 Å². The van der Waals surface area contributed by atoms with Gasteiger partial charge in [0.1, 0.15) is 11.7 Å². The number of Topliss-reactive ketones (excluding diaryl/α,β-unsaturated/α-hetero) is 1. The lowest BCUT2D eigenvalue weighted by molar-refractivity contribution is 0.0786. The molecule has 0 N–H and O–H groups in total. The summed E-state index contributed by atoms with van der Waals surface area (Å²) < 4.78 is 6.05. The van der Waals surface area contributed by atoms with Crippen molar-refractivity contribution in [3.8, 4) is 5.75 Å². The topological polar surface area (TPSA) is 41.9 Å². The molecule has 0 saturated carbocycles. The van der Waals surface area contributed by atoms with Gasteiger partial charge in [-0.1, -0.05) is 30.3 Å². The molecule has 0 amide bonds. The molecule has 0 radical (unpaired) electrons. The monoisotopic (exact) mass is 278 g/mol. The Hall–Kier alpha value is -2.62. The number of anilines is 1. The van der Waals surface area contributed by atoms with Crippen molar-refractivity contribution in [1.29, 1.82) is 0 Å². The first-order valence-corrected chi connectivity index (χ1v) is 6.95. The molecule has 4 heteroatoms. The smallest absolute Gasteiger partial charge is 0.207 e. The number of ketones is 1. The number of fused-ring (bicyclic) bond motifs is 2. The molecule has 2 atom stereocenters. The summed E-state index contributed by atoms with van der Waals surface area (Å²) in [7, 11) is 0. The van der Waals surface area contributed by atoms with Crippen molar-refractivity contribution in [3.05, 3.63) is 60.2 Å². The van der Waals surface area contributed by atoms with Gasteiger partial charge >= 0.3 is 0 Å². The average molecular weight is 278 g/mol. The lowest BCUT2D eigenvalue weighted by Crippen LogP contribution is -2.45. The minimum Gasteiger partial charge on any atom is -0.467 e. The maximum Gasteiger partial charge on any atom is 0.207 e. The fourth-order valence-corrected chi connectivity index (χ4v) is 2.93. The van der Waals surface area contributed by atoms with Crippen LogP contribution in [-0.2, 0) is 0 Å². The number of ether oxygens (including phenoxy) is 1. The first-order valence-electron chi connectivity index (χ1n) is 6.95. The molecule has 2 aromatic rings. The van der Waals surface area contributed by atoms with Crippen LogP contribution in [0.15, 0.2) is 59.7 Å². The van der Waals surface area contributed by atoms with Crippen molar-refractivity contribution >= 4 is 17.2 Å². The number of carbonyl (C=O) groups is 1. The van der Waals surface area contributed by atoms with Crippen LogP contribution in [0.3, 0.4) is 0 Å². The van der Waals surface area contributed by atoms with E-state index in [0.29, 0.717) is 11.3 Å². The van der Waals surface area contributed by atoms with Crippen LogP contribution >= 0.6 is 0 Å². The molecule has 0 bridgehead atoms. The highest BCUT2D eigenvalue weighted by molar-refractivity contribution is 6.15. The summed E-state index contributed by atoms with van der Waals surface area (Å²) in [4.78, 5) is 12.7. The minimum absolute atomic E-state index is 0.0848. The first kappa shape index (κ1) is 12.1. The largest absolute Gasteiger partial charge is 0.467 e. The lowest BCUT2D eigenvalue weighted by Gasteiger charge is -2.32. The van der Waals surface area contributed by atoms with E-state index in [1.54, 1.807) is 5.01 Å². The molecule has 0 spiro atoms. The molecule has 4 nitrogen and oxygen atoms in total. The second-order valence-corrected chi connectivity index (χ2v) is 5.27. The molecule has 2 heterocycles. The molecule has 2 aliphatic rings. The van der Waals surface area contributed by atoms with Crippen LogP contribution in [0.1, 0.15) is 17.3 Å². The van der Waals surface area contributed by atoms with Gasteiger partial charge in [0, 0.05) is 0 Å². The van der Waals surface area contributed by atoms with Crippen molar-refractivity contribution in [2.24, 2.45) is 11.0 Å². The molecular formula is C17H14N2O2. The highest BCUT2D eigenvalue weighted by Crippen LogP contribution is 2.38.